The number of ether oxygens (including phenoxy) is 2. The normalized spacial score (nSPS) is 18.0. The SMILES string of the molecule is COC(=O)c1c[nH]c(C(C#N)N2CCOCC2)c1. The second-order valence-corrected chi connectivity index (χ2v) is 4.02. The van der Waals surface area contributed by atoms with E-state index in [0.717, 1.165) is 0 Å². The molecule has 0 radical (unpaired) electrons. The van der Waals surface area contributed by atoms with E-state index in [9.17, 15) is 10.1 Å². The van der Waals surface area contributed by atoms with Gasteiger partial charge in [-0.3, -0.25) is 4.90 Å². The molecule has 0 aliphatic carbocycles. The summed E-state index contributed by atoms with van der Waals surface area (Å²) >= 11 is 0. The van der Waals surface area contributed by atoms with Crippen LogP contribution in [0.3, 0.4) is 0 Å². The Morgan fingerprint density at radius 2 is 2.33 bits per heavy atom. The standard InChI is InChI=1S/C12H15N3O3/c1-17-12(16)9-6-10(14-8-9)11(7-13)15-2-4-18-5-3-15/h6,8,11,14H,2-5H2,1H3. The maximum Gasteiger partial charge on any atom is 0.339 e. The maximum absolute atomic E-state index is 11.4. The molecule has 96 valence electrons. The number of nitrogens with one attached hydrogen (secondary N) is 1. The second-order valence-electron chi connectivity index (χ2n) is 4.02. The number of nitriles is 1. The average Bonchev–Trinajstić information content (AvgIpc) is 2.89. The van der Waals surface area contributed by atoms with Crippen molar-refractivity contribution in [1.29, 1.82) is 5.26 Å². The van der Waals surface area contributed by atoms with Crippen LogP contribution in [0.25, 0.3) is 0 Å². The topological polar surface area (TPSA) is 78.3 Å². The summed E-state index contributed by atoms with van der Waals surface area (Å²) in [7, 11) is 1.33. The van der Waals surface area contributed by atoms with Gasteiger partial charge in [0.15, 0.2) is 0 Å². The van der Waals surface area contributed by atoms with Crippen molar-refractivity contribution in [3.63, 3.8) is 0 Å². The molecule has 18 heavy (non-hydrogen) atoms. The van der Waals surface area contributed by atoms with Gasteiger partial charge < -0.3 is 14.5 Å². The summed E-state index contributed by atoms with van der Waals surface area (Å²) in [5, 5.41) is 9.27. The lowest BCUT2D eigenvalue weighted by Crippen LogP contribution is -2.38. The fourth-order valence-electron chi connectivity index (χ4n) is 1.99. The molecule has 1 atom stereocenters. The van der Waals surface area contributed by atoms with Crippen molar-refractivity contribution in [2.45, 2.75) is 6.04 Å². The van der Waals surface area contributed by atoms with E-state index in [0.29, 0.717) is 37.6 Å². The Morgan fingerprint density at radius 3 is 2.94 bits per heavy atom. The largest absolute Gasteiger partial charge is 0.465 e. The Hall–Kier alpha value is -1.84. The number of nitrogens with zero attached hydrogens (tertiary/aromatic N) is 2. The van der Waals surface area contributed by atoms with Gasteiger partial charge in [0.1, 0.15) is 6.04 Å². The molecule has 1 fully saturated rings. The van der Waals surface area contributed by atoms with Crippen LogP contribution in [0, 0.1) is 11.3 Å². The van der Waals surface area contributed by atoms with Crippen LogP contribution in [0.1, 0.15) is 22.1 Å². The van der Waals surface area contributed by atoms with E-state index < -0.39 is 5.97 Å². The van der Waals surface area contributed by atoms with Crippen molar-refractivity contribution in [2.24, 2.45) is 0 Å². The summed E-state index contributed by atoms with van der Waals surface area (Å²) in [6, 6.07) is 3.53. The molecule has 2 rings (SSSR count). The minimum Gasteiger partial charge on any atom is -0.465 e. The van der Waals surface area contributed by atoms with Gasteiger partial charge in [-0.1, -0.05) is 0 Å². The quantitative estimate of drug-likeness (QED) is 0.798. The molecular weight excluding hydrogens is 234 g/mol. The van der Waals surface area contributed by atoms with Gasteiger partial charge in [0, 0.05) is 25.0 Å². The summed E-state index contributed by atoms with van der Waals surface area (Å²) in [6.45, 7) is 2.68. The van der Waals surface area contributed by atoms with Crippen LogP contribution in [-0.2, 0) is 9.47 Å². The monoisotopic (exact) mass is 249 g/mol. The third-order valence-corrected chi connectivity index (χ3v) is 2.95. The highest BCUT2D eigenvalue weighted by Crippen LogP contribution is 2.21. The summed E-state index contributed by atoms with van der Waals surface area (Å²) in [6.07, 6.45) is 1.56. The van der Waals surface area contributed by atoms with Crippen LogP contribution in [0.5, 0.6) is 0 Å². The van der Waals surface area contributed by atoms with Crippen LogP contribution >= 0.6 is 0 Å². The lowest BCUT2D eigenvalue weighted by atomic mass is 10.1. The number of aromatic amines is 1. The first kappa shape index (κ1) is 12.6. The zero-order chi connectivity index (χ0) is 13.0. The lowest BCUT2D eigenvalue weighted by molar-refractivity contribution is 0.0260. The molecule has 6 heteroatoms. The fraction of sp³-hybridized carbons (Fsp3) is 0.500. The van der Waals surface area contributed by atoms with E-state index in [2.05, 4.69) is 15.8 Å². The number of H-pyrrole nitrogens is 1. The number of carbonyl (C=O) groups excluding carboxylic acids is 1. The van der Waals surface area contributed by atoms with Gasteiger partial charge in [0.25, 0.3) is 0 Å². The van der Waals surface area contributed by atoms with E-state index in [1.165, 1.54) is 7.11 Å². The summed E-state index contributed by atoms with van der Waals surface area (Å²) in [4.78, 5) is 16.3. The fourth-order valence-corrected chi connectivity index (χ4v) is 1.99. The molecule has 0 aromatic carbocycles. The Morgan fingerprint density at radius 1 is 1.61 bits per heavy atom. The zero-order valence-corrected chi connectivity index (χ0v) is 10.2. The zero-order valence-electron chi connectivity index (χ0n) is 10.2. The molecular formula is C12H15N3O3. The highest BCUT2D eigenvalue weighted by molar-refractivity contribution is 5.89. The predicted molar refractivity (Wildman–Crippen MR) is 62.9 cm³/mol. The number of morpholine rings is 1. The van der Waals surface area contributed by atoms with Gasteiger partial charge in [0.2, 0.25) is 0 Å². The van der Waals surface area contributed by atoms with Gasteiger partial charge in [-0.25, -0.2) is 4.79 Å². The number of aromatic nitrogens is 1. The molecule has 1 aromatic rings. The van der Waals surface area contributed by atoms with Crippen molar-refractivity contribution in [2.75, 3.05) is 33.4 Å². The molecule has 0 saturated carbocycles. The number of methoxy groups -OCH3 is 1. The van der Waals surface area contributed by atoms with Gasteiger partial charge in [-0.2, -0.15) is 5.26 Å². The summed E-state index contributed by atoms with van der Waals surface area (Å²) in [5.41, 5.74) is 1.14. The highest BCUT2D eigenvalue weighted by atomic mass is 16.5. The van der Waals surface area contributed by atoms with Crippen molar-refractivity contribution in [3.05, 3.63) is 23.5 Å². The van der Waals surface area contributed by atoms with Gasteiger partial charge in [0.05, 0.1) is 32.0 Å². The first-order chi connectivity index (χ1) is 8.76. The van der Waals surface area contributed by atoms with E-state index in [1.54, 1.807) is 12.3 Å². The van der Waals surface area contributed by atoms with E-state index in [4.69, 9.17) is 4.74 Å². The van der Waals surface area contributed by atoms with Crippen LogP contribution in [0.15, 0.2) is 12.3 Å². The molecule has 1 aliphatic heterocycles. The van der Waals surface area contributed by atoms with Crippen molar-refractivity contribution in [3.8, 4) is 6.07 Å². The van der Waals surface area contributed by atoms with E-state index in [1.807, 2.05) is 4.90 Å². The number of carbonyl (C=O) groups is 1. The average molecular weight is 249 g/mol. The number of rotatable bonds is 3. The van der Waals surface area contributed by atoms with Crippen LogP contribution in [0.2, 0.25) is 0 Å². The van der Waals surface area contributed by atoms with Gasteiger partial charge in [-0.05, 0) is 6.07 Å². The van der Waals surface area contributed by atoms with Crippen molar-refractivity contribution < 1.29 is 14.3 Å². The smallest absolute Gasteiger partial charge is 0.339 e. The Balaban J connectivity index is 2.15. The number of hydrogen-bond donors (Lipinski definition) is 1. The first-order valence-corrected chi connectivity index (χ1v) is 5.74. The number of esters is 1. The molecule has 0 amide bonds. The van der Waals surface area contributed by atoms with E-state index >= 15 is 0 Å². The third-order valence-electron chi connectivity index (χ3n) is 2.95. The van der Waals surface area contributed by atoms with Crippen molar-refractivity contribution >= 4 is 5.97 Å². The molecule has 1 saturated heterocycles. The van der Waals surface area contributed by atoms with Gasteiger partial charge >= 0.3 is 5.97 Å². The minimum atomic E-state index is -0.406. The Kier molecular flexibility index (Phi) is 3.97. The van der Waals surface area contributed by atoms with E-state index in [-0.39, 0.29) is 6.04 Å². The molecule has 1 N–H and O–H groups in total. The second kappa shape index (κ2) is 5.67. The maximum atomic E-state index is 11.4. The predicted octanol–water partition coefficient (Wildman–Crippen LogP) is 0.698. The van der Waals surface area contributed by atoms with Gasteiger partial charge in [-0.15, -0.1) is 0 Å². The molecule has 1 aromatic heterocycles. The van der Waals surface area contributed by atoms with Crippen LogP contribution < -0.4 is 0 Å². The Bertz CT molecular complexity index is 457. The molecule has 6 nitrogen and oxygen atoms in total. The summed E-state index contributed by atoms with van der Waals surface area (Å²) in [5.74, 6) is -0.406. The lowest BCUT2D eigenvalue weighted by Gasteiger charge is -2.29. The molecule has 2 heterocycles. The summed E-state index contributed by atoms with van der Waals surface area (Å²) < 4.78 is 9.89. The number of hydrogen-bond acceptors (Lipinski definition) is 5. The van der Waals surface area contributed by atoms with Crippen LogP contribution in [-0.4, -0.2) is 49.3 Å². The molecule has 0 spiro atoms. The van der Waals surface area contributed by atoms with Crippen LogP contribution in [0.4, 0.5) is 0 Å². The molecule has 1 unspecified atom stereocenters. The minimum absolute atomic E-state index is 0.382. The van der Waals surface area contributed by atoms with Crippen molar-refractivity contribution in [1.82, 2.24) is 9.88 Å². The highest BCUT2D eigenvalue weighted by Gasteiger charge is 2.24. The molecule has 0 bridgehead atoms. The third kappa shape index (κ3) is 2.53. The molecule has 1 aliphatic rings. The Labute approximate surface area is 105 Å². The first-order valence-electron chi connectivity index (χ1n) is 5.74.